The second kappa shape index (κ2) is 6.12. The molecule has 4 nitrogen and oxygen atoms in total. The zero-order chi connectivity index (χ0) is 12.0. The molecule has 2 N–H and O–H groups in total. The molecule has 0 aromatic heterocycles. The smallest absolute Gasteiger partial charge is 0.225 e. The maximum Gasteiger partial charge on any atom is 0.225 e. The highest BCUT2D eigenvalue weighted by Gasteiger charge is 2.06. The van der Waals surface area contributed by atoms with Crippen LogP contribution in [0.2, 0.25) is 0 Å². The quantitative estimate of drug-likeness (QED) is 0.787. The van der Waals surface area contributed by atoms with Gasteiger partial charge in [0.1, 0.15) is 0 Å². The molecule has 0 spiro atoms. The number of nitrogens with zero attached hydrogens (tertiary/aromatic N) is 1. The maximum absolute atomic E-state index is 11.6. The van der Waals surface area contributed by atoms with Crippen molar-refractivity contribution in [3.63, 3.8) is 0 Å². The number of nitrogens with one attached hydrogen (secondary N) is 2. The molecule has 0 atom stereocenters. The Morgan fingerprint density at radius 1 is 1.31 bits per heavy atom. The van der Waals surface area contributed by atoms with Crippen molar-refractivity contribution >= 4 is 17.3 Å². The van der Waals surface area contributed by atoms with Crippen LogP contribution < -0.4 is 15.5 Å². The number of rotatable bonds is 5. The monoisotopic (exact) mass is 221 g/mol. The molecular weight excluding hydrogens is 202 g/mol. The summed E-state index contributed by atoms with van der Waals surface area (Å²) in [5.41, 5.74) is 1.87. The van der Waals surface area contributed by atoms with Gasteiger partial charge in [-0.3, -0.25) is 4.79 Å². The molecule has 0 fully saturated rings. The standard InChI is InChI=1S/C12H19N3O/c1-13-9-8-12(16)14-10-6-4-5-7-11(10)15(2)3/h4-7,13H,8-9H2,1-3H3,(H,14,16). The van der Waals surface area contributed by atoms with Crippen molar-refractivity contribution in [2.24, 2.45) is 0 Å². The van der Waals surface area contributed by atoms with E-state index < -0.39 is 0 Å². The third kappa shape index (κ3) is 3.55. The first-order valence-electron chi connectivity index (χ1n) is 5.36. The van der Waals surface area contributed by atoms with Crippen LogP contribution in [0.15, 0.2) is 24.3 Å². The normalized spacial score (nSPS) is 9.94. The molecular formula is C12H19N3O. The zero-order valence-corrected chi connectivity index (χ0v) is 10.1. The average Bonchev–Trinajstić information content (AvgIpc) is 2.27. The summed E-state index contributed by atoms with van der Waals surface area (Å²) in [6.45, 7) is 0.690. The predicted octanol–water partition coefficient (Wildman–Crippen LogP) is 1.30. The molecule has 0 heterocycles. The van der Waals surface area contributed by atoms with Crippen LogP contribution in [0, 0.1) is 0 Å². The lowest BCUT2D eigenvalue weighted by molar-refractivity contribution is -0.116. The summed E-state index contributed by atoms with van der Waals surface area (Å²) in [4.78, 5) is 13.6. The molecule has 1 aromatic rings. The Kier molecular flexibility index (Phi) is 4.79. The number of para-hydroxylation sites is 2. The van der Waals surface area contributed by atoms with Gasteiger partial charge in [0.15, 0.2) is 0 Å². The van der Waals surface area contributed by atoms with Crippen molar-refractivity contribution in [3.05, 3.63) is 24.3 Å². The lowest BCUT2D eigenvalue weighted by atomic mass is 10.2. The Morgan fingerprint density at radius 2 is 2.00 bits per heavy atom. The summed E-state index contributed by atoms with van der Waals surface area (Å²) in [6.07, 6.45) is 0.484. The molecule has 1 aromatic carbocycles. The van der Waals surface area contributed by atoms with Crippen LogP contribution in [-0.4, -0.2) is 33.6 Å². The molecule has 0 aliphatic heterocycles. The van der Waals surface area contributed by atoms with E-state index in [2.05, 4.69) is 10.6 Å². The fourth-order valence-electron chi connectivity index (χ4n) is 1.42. The van der Waals surface area contributed by atoms with Crippen LogP contribution >= 0.6 is 0 Å². The Balaban J connectivity index is 2.69. The lowest BCUT2D eigenvalue weighted by Crippen LogP contribution is -2.20. The fourth-order valence-corrected chi connectivity index (χ4v) is 1.42. The number of hydrogen-bond acceptors (Lipinski definition) is 3. The third-order valence-electron chi connectivity index (χ3n) is 2.26. The van der Waals surface area contributed by atoms with Crippen LogP contribution in [0.3, 0.4) is 0 Å². The van der Waals surface area contributed by atoms with Gasteiger partial charge in [-0.05, 0) is 19.2 Å². The van der Waals surface area contributed by atoms with Crippen molar-refractivity contribution in [1.82, 2.24) is 5.32 Å². The summed E-state index contributed by atoms with van der Waals surface area (Å²) in [5, 5.41) is 5.86. The van der Waals surface area contributed by atoms with E-state index in [0.29, 0.717) is 13.0 Å². The molecule has 0 radical (unpaired) electrons. The topological polar surface area (TPSA) is 44.4 Å². The molecule has 1 rings (SSSR count). The van der Waals surface area contributed by atoms with E-state index in [1.54, 1.807) is 0 Å². The van der Waals surface area contributed by atoms with Crippen LogP contribution in [0.25, 0.3) is 0 Å². The van der Waals surface area contributed by atoms with Crippen LogP contribution in [0.1, 0.15) is 6.42 Å². The lowest BCUT2D eigenvalue weighted by Gasteiger charge is -2.17. The number of anilines is 2. The second-order valence-electron chi connectivity index (χ2n) is 3.81. The molecule has 0 saturated heterocycles. The first-order valence-corrected chi connectivity index (χ1v) is 5.36. The van der Waals surface area contributed by atoms with E-state index >= 15 is 0 Å². The summed E-state index contributed by atoms with van der Waals surface area (Å²) in [7, 11) is 5.75. The fraction of sp³-hybridized carbons (Fsp3) is 0.417. The minimum atomic E-state index is 0.0312. The predicted molar refractivity (Wildman–Crippen MR) is 67.9 cm³/mol. The van der Waals surface area contributed by atoms with Crippen LogP contribution in [0.5, 0.6) is 0 Å². The highest BCUT2D eigenvalue weighted by Crippen LogP contribution is 2.23. The highest BCUT2D eigenvalue weighted by molar-refractivity contribution is 5.94. The molecule has 0 aliphatic rings. The van der Waals surface area contributed by atoms with Crippen molar-refractivity contribution in [1.29, 1.82) is 0 Å². The minimum Gasteiger partial charge on any atom is -0.376 e. The van der Waals surface area contributed by atoms with Gasteiger partial charge in [0.2, 0.25) is 5.91 Å². The SMILES string of the molecule is CNCCC(=O)Nc1ccccc1N(C)C. The van der Waals surface area contributed by atoms with Crippen molar-refractivity contribution in [3.8, 4) is 0 Å². The first-order chi connectivity index (χ1) is 7.65. The van der Waals surface area contributed by atoms with Crippen molar-refractivity contribution in [2.75, 3.05) is 37.9 Å². The Bertz CT molecular complexity index is 350. The van der Waals surface area contributed by atoms with Gasteiger partial charge in [-0.25, -0.2) is 0 Å². The van der Waals surface area contributed by atoms with E-state index in [1.807, 2.05) is 50.3 Å². The maximum atomic E-state index is 11.6. The zero-order valence-electron chi connectivity index (χ0n) is 10.1. The first kappa shape index (κ1) is 12.5. The molecule has 1 amide bonds. The molecule has 88 valence electrons. The van der Waals surface area contributed by atoms with Crippen LogP contribution in [-0.2, 0) is 4.79 Å². The molecule has 0 saturated carbocycles. The Hall–Kier alpha value is -1.55. The number of benzene rings is 1. The van der Waals surface area contributed by atoms with E-state index in [1.165, 1.54) is 0 Å². The second-order valence-corrected chi connectivity index (χ2v) is 3.81. The van der Waals surface area contributed by atoms with Crippen molar-refractivity contribution in [2.45, 2.75) is 6.42 Å². The Labute approximate surface area is 96.6 Å². The van der Waals surface area contributed by atoms with Gasteiger partial charge in [-0.1, -0.05) is 12.1 Å². The number of hydrogen-bond donors (Lipinski definition) is 2. The summed E-state index contributed by atoms with van der Waals surface area (Å²) in [5.74, 6) is 0.0312. The number of amides is 1. The molecule has 16 heavy (non-hydrogen) atoms. The van der Waals surface area contributed by atoms with Gasteiger partial charge in [-0.2, -0.15) is 0 Å². The van der Waals surface area contributed by atoms with Gasteiger partial charge in [0.05, 0.1) is 11.4 Å². The summed E-state index contributed by atoms with van der Waals surface area (Å²) in [6, 6.07) is 7.76. The molecule has 0 bridgehead atoms. The summed E-state index contributed by atoms with van der Waals surface area (Å²) < 4.78 is 0. The Morgan fingerprint density at radius 3 is 2.62 bits per heavy atom. The average molecular weight is 221 g/mol. The van der Waals surface area contributed by atoms with E-state index in [4.69, 9.17) is 0 Å². The molecule has 4 heteroatoms. The van der Waals surface area contributed by atoms with Crippen LogP contribution in [0.4, 0.5) is 11.4 Å². The number of carbonyl (C=O) groups excluding carboxylic acids is 1. The van der Waals surface area contributed by atoms with Crippen molar-refractivity contribution < 1.29 is 4.79 Å². The third-order valence-corrected chi connectivity index (χ3v) is 2.26. The molecule has 0 unspecified atom stereocenters. The minimum absolute atomic E-state index is 0.0312. The van der Waals surface area contributed by atoms with Gasteiger partial charge >= 0.3 is 0 Å². The molecule has 0 aliphatic carbocycles. The summed E-state index contributed by atoms with van der Waals surface area (Å²) >= 11 is 0. The largest absolute Gasteiger partial charge is 0.376 e. The van der Waals surface area contributed by atoms with Gasteiger partial charge in [0, 0.05) is 27.1 Å². The highest BCUT2D eigenvalue weighted by atomic mass is 16.1. The van der Waals surface area contributed by atoms with E-state index in [9.17, 15) is 4.79 Å². The van der Waals surface area contributed by atoms with E-state index in [0.717, 1.165) is 11.4 Å². The van der Waals surface area contributed by atoms with Gasteiger partial charge in [0.25, 0.3) is 0 Å². The van der Waals surface area contributed by atoms with Gasteiger partial charge < -0.3 is 15.5 Å². The number of carbonyl (C=O) groups is 1. The van der Waals surface area contributed by atoms with Gasteiger partial charge in [-0.15, -0.1) is 0 Å². The van der Waals surface area contributed by atoms with E-state index in [-0.39, 0.29) is 5.91 Å².